The molecule has 0 saturated carbocycles. The number of rotatable bonds is 4. The highest BCUT2D eigenvalue weighted by Crippen LogP contribution is 2.28. The van der Waals surface area contributed by atoms with Gasteiger partial charge in [-0.15, -0.1) is 0 Å². The zero-order valence-electron chi connectivity index (χ0n) is 16.4. The summed E-state index contributed by atoms with van der Waals surface area (Å²) in [5.74, 6) is 1.12. The Bertz CT molecular complexity index is 1090. The second kappa shape index (κ2) is 6.78. The number of hydrogen-bond donors (Lipinski definition) is 1. The molecule has 3 aromatic rings. The van der Waals surface area contributed by atoms with E-state index >= 15 is 0 Å². The fourth-order valence-electron chi connectivity index (χ4n) is 3.55. The van der Waals surface area contributed by atoms with E-state index in [0.717, 1.165) is 42.0 Å². The molecule has 5 nitrogen and oxygen atoms in total. The van der Waals surface area contributed by atoms with Crippen LogP contribution in [0.1, 0.15) is 38.6 Å². The first-order valence-corrected chi connectivity index (χ1v) is 11.0. The molecule has 0 atom stereocenters. The van der Waals surface area contributed by atoms with Gasteiger partial charge in [-0.3, -0.25) is 4.72 Å². The van der Waals surface area contributed by atoms with Crippen molar-refractivity contribution >= 4 is 15.7 Å². The van der Waals surface area contributed by atoms with Crippen LogP contribution in [0.15, 0.2) is 59.6 Å². The number of imidazole rings is 1. The van der Waals surface area contributed by atoms with Gasteiger partial charge in [0.2, 0.25) is 0 Å². The fourth-order valence-corrected chi connectivity index (χ4v) is 4.60. The highest BCUT2D eigenvalue weighted by atomic mass is 32.2. The highest BCUT2D eigenvalue weighted by Gasteiger charge is 2.19. The van der Waals surface area contributed by atoms with Crippen LogP contribution in [0, 0.1) is 0 Å². The second-order valence-corrected chi connectivity index (χ2v) is 9.95. The molecule has 0 fully saturated rings. The van der Waals surface area contributed by atoms with Crippen LogP contribution >= 0.6 is 0 Å². The van der Waals surface area contributed by atoms with Crippen LogP contribution in [0.5, 0.6) is 0 Å². The van der Waals surface area contributed by atoms with E-state index in [1.165, 1.54) is 0 Å². The predicted molar refractivity (Wildman–Crippen MR) is 112 cm³/mol. The Labute approximate surface area is 166 Å². The van der Waals surface area contributed by atoms with Crippen LogP contribution < -0.4 is 4.72 Å². The summed E-state index contributed by atoms with van der Waals surface area (Å²) in [7, 11) is -3.62. The van der Waals surface area contributed by atoms with Gasteiger partial charge in [-0.05, 0) is 47.2 Å². The van der Waals surface area contributed by atoms with Gasteiger partial charge in [-0.2, -0.15) is 0 Å². The van der Waals surface area contributed by atoms with Crippen LogP contribution in [0.3, 0.4) is 0 Å². The van der Waals surface area contributed by atoms with Gasteiger partial charge < -0.3 is 4.57 Å². The number of sulfonamides is 1. The number of nitrogens with zero attached hydrogens (tertiary/aromatic N) is 2. The summed E-state index contributed by atoms with van der Waals surface area (Å²) in [4.78, 5) is 4.73. The molecule has 0 saturated heterocycles. The lowest BCUT2D eigenvalue weighted by Gasteiger charge is -2.19. The molecule has 0 bridgehead atoms. The van der Waals surface area contributed by atoms with Gasteiger partial charge in [0.15, 0.2) is 0 Å². The smallest absolute Gasteiger partial charge is 0.261 e. The number of aromatic nitrogens is 2. The molecule has 0 aliphatic carbocycles. The summed E-state index contributed by atoms with van der Waals surface area (Å²) < 4.78 is 30.3. The minimum absolute atomic E-state index is 0.0145. The molecular formula is C22H25N3O2S. The first kappa shape index (κ1) is 18.7. The van der Waals surface area contributed by atoms with Crippen molar-refractivity contribution in [3.05, 3.63) is 66.1 Å². The number of hydrogen-bond acceptors (Lipinski definition) is 3. The lowest BCUT2D eigenvalue weighted by atomic mass is 9.87. The van der Waals surface area contributed by atoms with Crippen molar-refractivity contribution in [1.29, 1.82) is 0 Å². The van der Waals surface area contributed by atoms with Crippen molar-refractivity contribution in [3.63, 3.8) is 0 Å². The Morgan fingerprint density at radius 3 is 2.32 bits per heavy atom. The Hall–Kier alpha value is -2.60. The van der Waals surface area contributed by atoms with Gasteiger partial charge in [-0.25, -0.2) is 13.4 Å². The minimum atomic E-state index is -3.62. The average molecular weight is 396 g/mol. The van der Waals surface area contributed by atoms with Gasteiger partial charge in [0, 0.05) is 18.7 Å². The molecule has 1 aliphatic heterocycles. The van der Waals surface area contributed by atoms with Crippen LogP contribution in [0.4, 0.5) is 5.69 Å². The van der Waals surface area contributed by atoms with Crippen LogP contribution in [0.2, 0.25) is 0 Å². The molecule has 146 valence electrons. The first-order valence-electron chi connectivity index (χ1n) is 9.52. The second-order valence-electron chi connectivity index (χ2n) is 8.27. The van der Waals surface area contributed by atoms with Crippen molar-refractivity contribution in [2.75, 3.05) is 4.72 Å². The van der Waals surface area contributed by atoms with E-state index in [-0.39, 0.29) is 10.3 Å². The Morgan fingerprint density at radius 2 is 1.68 bits per heavy atom. The summed E-state index contributed by atoms with van der Waals surface area (Å²) in [5.41, 5.74) is 3.76. The Kier molecular flexibility index (Phi) is 4.54. The van der Waals surface area contributed by atoms with Crippen LogP contribution in [-0.2, 0) is 28.4 Å². The molecule has 1 aromatic heterocycles. The molecule has 0 spiro atoms. The van der Waals surface area contributed by atoms with Crippen molar-refractivity contribution in [1.82, 2.24) is 9.55 Å². The third-order valence-corrected chi connectivity index (χ3v) is 6.58. The molecule has 0 unspecified atom stereocenters. The normalized spacial score (nSPS) is 14.1. The molecule has 0 radical (unpaired) electrons. The van der Waals surface area contributed by atoms with Crippen molar-refractivity contribution in [2.45, 2.75) is 50.5 Å². The molecule has 1 N–H and O–H groups in total. The highest BCUT2D eigenvalue weighted by molar-refractivity contribution is 7.92. The Morgan fingerprint density at radius 1 is 1.00 bits per heavy atom. The van der Waals surface area contributed by atoms with E-state index < -0.39 is 10.0 Å². The number of fused-ring (bicyclic) bond motifs is 1. The summed E-state index contributed by atoms with van der Waals surface area (Å²) in [6, 6.07) is 14.5. The molecule has 2 heterocycles. The maximum Gasteiger partial charge on any atom is 0.261 e. The lowest BCUT2D eigenvalue weighted by Crippen LogP contribution is -2.14. The molecular weight excluding hydrogens is 370 g/mol. The third-order valence-electron chi connectivity index (χ3n) is 5.18. The van der Waals surface area contributed by atoms with E-state index in [2.05, 4.69) is 35.0 Å². The molecule has 4 rings (SSSR count). The third kappa shape index (κ3) is 3.56. The monoisotopic (exact) mass is 395 g/mol. The summed E-state index contributed by atoms with van der Waals surface area (Å²) in [5, 5.41) is 0. The molecule has 1 aliphatic rings. The maximum absolute atomic E-state index is 12.7. The van der Waals surface area contributed by atoms with Gasteiger partial charge in [0.1, 0.15) is 5.82 Å². The largest absolute Gasteiger partial charge is 0.328 e. The summed E-state index contributed by atoms with van der Waals surface area (Å²) in [6.07, 6.45) is 4.04. The number of benzene rings is 2. The molecule has 6 heteroatoms. The quantitative estimate of drug-likeness (QED) is 0.702. The van der Waals surface area contributed by atoms with E-state index in [4.69, 9.17) is 0 Å². The van der Waals surface area contributed by atoms with Gasteiger partial charge in [-0.1, -0.05) is 45.0 Å². The van der Waals surface area contributed by atoms with Gasteiger partial charge >= 0.3 is 0 Å². The van der Waals surface area contributed by atoms with Crippen molar-refractivity contribution < 1.29 is 8.42 Å². The standard InChI is InChI=1S/C22H25N3O2S/c1-22(2,3)17-8-12-19(13-9-17)28(26,27)24-18-10-6-16(7-11-18)20-15-23-21-5-4-14-25(20)21/h6-13,15,24H,4-5,14H2,1-3H3. The van der Waals surface area contributed by atoms with Crippen molar-refractivity contribution in [3.8, 4) is 11.3 Å². The van der Waals surface area contributed by atoms with Crippen LogP contribution in [0.25, 0.3) is 11.3 Å². The molecule has 0 amide bonds. The number of aryl methyl sites for hydroxylation is 1. The minimum Gasteiger partial charge on any atom is -0.328 e. The van der Waals surface area contributed by atoms with Crippen LogP contribution in [-0.4, -0.2) is 18.0 Å². The SMILES string of the molecule is CC(C)(C)c1ccc(S(=O)(=O)Nc2ccc(-c3cnc4n3CCC4)cc2)cc1. The fraction of sp³-hybridized carbons (Fsp3) is 0.318. The summed E-state index contributed by atoms with van der Waals surface area (Å²) in [6.45, 7) is 7.30. The van der Waals surface area contributed by atoms with Gasteiger partial charge in [0.05, 0.1) is 16.8 Å². The lowest BCUT2D eigenvalue weighted by molar-refractivity contribution is 0.587. The topological polar surface area (TPSA) is 64.0 Å². The first-order chi connectivity index (χ1) is 13.2. The number of nitrogens with one attached hydrogen (secondary N) is 1. The van der Waals surface area contributed by atoms with E-state index in [9.17, 15) is 8.42 Å². The summed E-state index contributed by atoms with van der Waals surface area (Å²) >= 11 is 0. The van der Waals surface area contributed by atoms with E-state index in [0.29, 0.717) is 5.69 Å². The van der Waals surface area contributed by atoms with E-state index in [1.807, 2.05) is 30.5 Å². The zero-order chi connectivity index (χ0) is 19.9. The number of anilines is 1. The average Bonchev–Trinajstić information content (AvgIpc) is 3.25. The van der Waals surface area contributed by atoms with Gasteiger partial charge in [0.25, 0.3) is 10.0 Å². The molecule has 28 heavy (non-hydrogen) atoms. The maximum atomic E-state index is 12.7. The zero-order valence-corrected chi connectivity index (χ0v) is 17.3. The van der Waals surface area contributed by atoms with E-state index in [1.54, 1.807) is 24.3 Å². The molecule has 2 aromatic carbocycles. The predicted octanol–water partition coefficient (Wildman–Crippen LogP) is 4.59. The Balaban J connectivity index is 1.53. The van der Waals surface area contributed by atoms with Crippen molar-refractivity contribution in [2.24, 2.45) is 0 Å².